The molecule has 1 amide bonds. The number of nitrogens with one attached hydrogen (secondary N) is 1. The Morgan fingerprint density at radius 2 is 2.00 bits per heavy atom. The Balaban J connectivity index is 0.000000240. The number of likely N-dealkylation sites (N-methyl/N-ethyl adjacent to an activating group) is 2. The highest BCUT2D eigenvalue weighted by Gasteiger charge is 2.20. The monoisotopic (exact) mass is 469 g/mol. The van der Waals surface area contributed by atoms with E-state index in [0.29, 0.717) is 23.7 Å². The van der Waals surface area contributed by atoms with E-state index in [0.717, 1.165) is 43.5 Å². The first-order valence-electron chi connectivity index (χ1n) is 11.6. The maximum absolute atomic E-state index is 11.9. The number of H-pyrrole nitrogens is 1. The summed E-state index contributed by atoms with van der Waals surface area (Å²) in [7, 11) is 5.83. The van der Waals surface area contributed by atoms with Gasteiger partial charge in [-0.2, -0.15) is 0 Å². The Bertz CT molecular complexity index is 953. The average Bonchev–Trinajstić information content (AvgIpc) is 3.00. The molecule has 1 saturated heterocycles. The van der Waals surface area contributed by atoms with Crippen molar-refractivity contribution in [3.8, 4) is 5.75 Å². The van der Waals surface area contributed by atoms with Crippen molar-refractivity contribution >= 4 is 23.5 Å². The molecule has 8 nitrogen and oxygen atoms in total. The van der Waals surface area contributed by atoms with E-state index < -0.39 is 0 Å². The van der Waals surface area contributed by atoms with Crippen LogP contribution in [0.3, 0.4) is 0 Å². The number of aromatic nitrogens is 1. The number of carbonyl (C=O) groups excluding carboxylic acids is 1. The third kappa shape index (κ3) is 8.28. The van der Waals surface area contributed by atoms with Crippen LogP contribution in [-0.4, -0.2) is 72.7 Å². The van der Waals surface area contributed by atoms with Gasteiger partial charge in [-0.15, -0.1) is 0 Å². The molecule has 8 heteroatoms. The highest BCUT2D eigenvalue weighted by molar-refractivity contribution is 5.87. The second-order valence-electron chi connectivity index (χ2n) is 8.75. The quantitative estimate of drug-likeness (QED) is 0.482. The van der Waals surface area contributed by atoms with Gasteiger partial charge in [0.2, 0.25) is 5.91 Å². The first kappa shape index (κ1) is 27.0. The number of hydrogen-bond donors (Lipinski definition) is 4. The smallest absolute Gasteiger partial charge is 0.246 e. The second kappa shape index (κ2) is 13.5. The first-order valence-corrected chi connectivity index (χ1v) is 11.6. The molecule has 0 aliphatic carbocycles. The van der Waals surface area contributed by atoms with Gasteiger partial charge in [0, 0.05) is 49.3 Å². The largest absolute Gasteiger partial charge is 0.507 e. The number of amides is 1. The van der Waals surface area contributed by atoms with Crippen LogP contribution in [-0.2, 0) is 9.53 Å². The van der Waals surface area contributed by atoms with Crippen LogP contribution in [0, 0.1) is 6.92 Å². The Hall–Kier alpha value is -3.23. The van der Waals surface area contributed by atoms with Gasteiger partial charge < -0.3 is 36.1 Å². The van der Waals surface area contributed by atoms with E-state index in [1.165, 1.54) is 0 Å². The number of nitrogens with zero attached hydrogens (tertiary/aromatic N) is 2. The molecular formula is C26H39N5O3. The van der Waals surface area contributed by atoms with Crippen LogP contribution >= 0.6 is 0 Å². The Morgan fingerprint density at radius 1 is 1.26 bits per heavy atom. The summed E-state index contributed by atoms with van der Waals surface area (Å²) in [5.74, 6) is 0.802. The lowest BCUT2D eigenvalue weighted by atomic mass is 10.1. The molecule has 186 valence electrons. The molecule has 1 aromatic carbocycles. The van der Waals surface area contributed by atoms with Gasteiger partial charge in [-0.25, -0.2) is 0 Å². The van der Waals surface area contributed by atoms with E-state index in [1.807, 2.05) is 51.3 Å². The van der Waals surface area contributed by atoms with Crippen LogP contribution in [0.1, 0.15) is 36.0 Å². The third-order valence-electron chi connectivity index (χ3n) is 5.69. The van der Waals surface area contributed by atoms with Crippen molar-refractivity contribution < 1.29 is 14.6 Å². The van der Waals surface area contributed by atoms with Crippen LogP contribution in [0.4, 0.5) is 5.82 Å². The van der Waals surface area contributed by atoms with Gasteiger partial charge in [-0.3, -0.25) is 4.79 Å². The fraction of sp³-hybridized carbons (Fsp3) is 0.423. The van der Waals surface area contributed by atoms with Crippen molar-refractivity contribution in [2.75, 3.05) is 46.6 Å². The molecule has 1 atom stereocenters. The van der Waals surface area contributed by atoms with E-state index in [-0.39, 0.29) is 17.7 Å². The number of aromatic amines is 1. The lowest BCUT2D eigenvalue weighted by Crippen LogP contribution is -2.38. The van der Waals surface area contributed by atoms with Gasteiger partial charge in [0.15, 0.2) is 0 Å². The molecule has 0 spiro atoms. The summed E-state index contributed by atoms with van der Waals surface area (Å²) in [5, 5.41) is 9.69. The summed E-state index contributed by atoms with van der Waals surface area (Å²) in [6, 6.07) is 7.17. The minimum absolute atomic E-state index is 0.0716. The molecule has 34 heavy (non-hydrogen) atoms. The molecular weight excluding hydrogens is 430 g/mol. The van der Waals surface area contributed by atoms with Crippen LogP contribution in [0.2, 0.25) is 0 Å². The standard InChI is InChI=1S/C13H15N3O.C13H24N2O2/c1-8-7-16-13(15)10(8)6-11(14)9-4-2-3-5-12(9)17;1-14(2)9-6-8-13(16)15(3)12-7-4-5-10-17-11-12/h2-7,16-17H,14-15H2,1H3;6,8,12H,4-5,7,9-11H2,1-3H3/b11-6-;8-6+/t;12-/m.0/s1. The number of para-hydroxylation sites is 1. The number of anilines is 1. The fourth-order valence-corrected chi connectivity index (χ4v) is 3.55. The fourth-order valence-electron chi connectivity index (χ4n) is 3.55. The summed E-state index contributed by atoms with van der Waals surface area (Å²) in [5.41, 5.74) is 14.7. The second-order valence-corrected chi connectivity index (χ2v) is 8.75. The number of nitrogens with two attached hydrogens (primary N) is 2. The van der Waals surface area contributed by atoms with E-state index >= 15 is 0 Å². The van der Waals surface area contributed by atoms with E-state index in [4.69, 9.17) is 16.2 Å². The molecule has 0 bridgehead atoms. The molecule has 0 unspecified atom stereocenters. The summed E-state index contributed by atoms with van der Waals surface area (Å²) in [6.07, 6.45) is 10.4. The number of hydrogen-bond acceptors (Lipinski definition) is 6. The highest BCUT2D eigenvalue weighted by Crippen LogP contribution is 2.25. The SMILES string of the molecule is CN(C)C/C=C/C(=O)N(C)[C@H]1CCCCOC1.Cc1c[nH]c(N)c1/C=C(\N)c1ccccc1O. The van der Waals surface area contributed by atoms with Crippen LogP contribution in [0.25, 0.3) is 11.8 Å². The average molecular weight is 470 g/mol. The molecule has 0 radical (unpaired) electrons. The molecule has 3 rings (SSSR count). The molecule has 2 aromatic rings. The van der Waals surface area contributed by atoms with Crippen molar-refractivity contribution in [1.29, 1.82) is 0 Å². The van der Waals surface area contributed by atoms with Crippen molar-refractivity contribution in [1.82, 2.24) is 14.8 Å². The number of phenols is 1. The summed E-state index contributed by atoms with van der Waals surface area (Å²) in [4.78, 5) is 18.7. The number of phenolic OH excluding ortho intramolecular Hbond substituents is 1. The summed E-state index contributed by atoms with van der Waals surface area (Å²) < 4.78 is 5.49. The number of benzene rings is 1. The lowest BCUT2D eigenvalue weighted by Gasteiger charge is -2.25. The van der Waals surface area contributed by atoms with Crippen LogP contribution in [0.5, 0.6) is 5.75 Å². The van der Waals surface area contributed by atoms with Crippen LogP contribution in [0.15, 0.2) is 42.6 Å². The van der Waals surface area contributed by atoms with E-state index in [1.54, 1.807) is 35.3 Å². The Kier molecular flexibility index (Phi) is 10.7. The Morgan fingerprint density at radius 3 is 2.65 bits per heavy atom. The number of carbonyl (C=O) groups is 1. The van der Waals surface area contributed by atoms with Gasteiger partial charge in [-0.05, 0) is 64.1 Å². The summed E-state index contributed by atoms with van der Waals surface area (Å²) >= 11 is 0. The van der Waals surface area contributed by atoms with Gasteiger partial charge in [0.25, 0.3) is 0 Å². The molecule has 0 saturated carbocycles. The number of aryl methyl sites for hydroxylation is 1. The zero-order valence-corrected chi connectivity index (χ0v) is 20.8. The van der Waals surface area contributed by atoms with Gasteiger partial charge in [-0.1, -0.05) is 18.2 Å². The molecule has 6 N–H and O–H groups in total. The topological polar surface area (TPSA) is 121 Å². The zero-order valence-electron chi connectivity index (χ0n) is 20.8. The normalized spacial score (nSPS) is 16.7. The van der Waals surface area contributed by atoms with Gasteiger partial charge >= 0.3 is 0 Å². The molecule has 1 aliphatic rings. The number of rotatable bonds is 6. The maximum atomic E-state index is 11.9. The number of nitrogen functional groups attached to an aromatic ring is 1. The predicted octanol–water partition coefficient (Wildman–Crippen LogP) is 3.20. The zero-order chi connectivity index (χ0) is 25.1. The van der Waals surface area contributed by atoms with E-state index in [9.17, 15) is 9.90 Å². The molecule has 1 fully saturated rings. The van der Waals surface area contributed by atoms with Crippen molar-refractivity contribution in [2.45, 2.75) is 32.2 Å². The predicted molar refractivity (Wildman–Crippen MR) is 139 cm³/mol. The molecule has 1 aliphatic heterocycles. The highest BCUT2D eigenvalue weighted by atomic mass is 16.5. The van der Waals surface area contributed by atoms with Crippen molar-refractivity contribution in [2.24, 2.45) is 5.73 Å². The summed E-state index contributed by atoms with van der Waals surface area (Å²) in [6.45, 7) is 4.23. The number of ether oxygens (including phenoxy) is 1. The molecule has 1 aromatic heterocycles. The van der Waals surface area contributed by atoms with Gasteiger partial charge in [0.1, 0.15) is 11.6 Å². The minimum Gasteiger partial charge on any atom is -0.507 e. The van der Waals surface area contributed by atoms with Crippen molar-refractivity contribution in [3.05, 3.63) is 59.3 Å². The third-order valence-corrected chi connectivity index (χ3v) is 5.69. The van der Waals surface area contributed by atoms with Crippen LogP contribution < -0.4 is 11.5 Å². The van der Waals surface area contributed by atoms with Crippen molar-refractivity contribution in [3.63, 3.8) is 0 Å². The lowest BCUT2D eigenvalue weighted by molar-refractivity contribution is -0.127. The number of aromatic hydroxyl groups is 1. The maximum Gasteiger partial charge on any atom is 0.246 e. The van der Waals surface area contributed by atoms with Gasteiger partial charge in [0.05, 0.1) is 12.6 Å². The Labute approximate surface area is 202 Å². The minimum atomic E-state index is 0.0716. The first-order chi connectivity index (χ1) is 16.2. The molecule has 2 heterocycles. The van der Waals surface area contributed by atoms with E-state index in [2.05, 4.69) is 4.98 Å².